The van der Waals surface area contributed by atoms with Crippen molar-refractivity contribution in [1.29, 1.82) is 0 Å². The molecule has 1 atom stereocenters. The van der Waals surface area contributed by atoms with Gasteiger partial charge >= 0.3 is 0 Å². The minimum Gasteiger partial charge on any atom is -0.490 e. The number of carbonyl (C=O) groups is 1. The molecule has 0 bridgehead atoms. The quantitative estimate of drug-likeness (QED) is 0.641. The normalized spacial score (nSPS) is 14.2. The van der Waals surface area contributed by atoms with Crippen molar-refractivity contribution in [3.8, 4) is 22.8 Å². The average Bonchev–Trinajstić information content (AvgIpc) is 3.00. The average molecular weight is 420 g/mol. The van der Waals surface area contributed by atoms with Crippen LogP contribution in [0.25, 0.3) is 11.3 Å². The van der Waals surface area contributed by atoms with Gasteiger partial charge in [-0.15, -0.1) is 0 Å². The number of carbonyl (C=O) groups excluding carboxylic acids is 1. The van der Waals surface area contributed by atoms with Crippen LogP contribution in [0.2, 0.25) is 0 Å². The lowest BCUT2D eigenvalue weighted by Crippen LogP contribution is -2.26. The van der Waals surface area contributed by atoms with Crippen LogP contribution in [0.3, 0.4) is 0 Å². The van der Waals surface area contributed by atoms with Crippen molar-refractivity contribution in [2.45, 2.75) is 39.2 Å². The van der Waals surface area contributed by atoms with E-state index in [2.05, 4.69) is 48.5 Å². The predicted molar refractivity (Wildman–Crippen MR) is 121 cm³/mol. The summed E-state index contributed by atoms with van der Waals surface area (Å²) in [5, 5.41) is 7.65. The van der Waals surface area contributed by atoms with Crippen LogP contribution in [0.5, 0.6) is 11.5 Å². The van der Waals surface area contributed by atoms with E-state index in [1.165, 1.54) is 5.56 Å². The summed E-state index contributed by atoms with van der Waals surface area (Å²) in [4.78, 5) is 13.1. The Morgan fingerprint density at radius 3 is 2.39 bits per heavy atom. The van der Waals surface area contributed by atoms with Crippen LogP contribution in [-0.2, 0) is 7.05 Å². The zero-order chi connectivity index (χ0) is 22.0. The fourth-order valence-electron chi connectivity index (χ4n) is 3.71. The fraction of sp³-hybridized carbons (Fsp3) is 0.360. The highest BCUT2D eigenvalue weighted by atomic mass is 16.5. The topological polar surface area (TPSA) is 65.4 Å². The van der Waals surface area contributed by atoms with Crippen LogP contribution in [0.1, 0.15) is 60.6 Å². The second-order valence-corrected chi connectivity index (χ2v) is 8.29. The molecule has 2 heterocycles. The maximum atomic E-state index is 13.1. The Morgan fingerprint density at radius 2 is 1.68 bits per heavy atom. The number of fused-ring (bicyclic) bond motifs is 1. The van der Waals surface area contributed by atoms with Gasteiger partial charge in [0.25, 0.3) is 5.91 Å². The molecule has 0 spiro atoms. The second kappa shape index (κ2) is 8.84. The smallest absolute Gasteiger partial charge is 0.255 e. The van der Waals surface area contributed by atoms with E-state index in [0.29, 0.717) is 36.1 Å². The molecule has 0 saturated carbocycles. The van der Waals surface area contributed by atoms with Gasteiger partial charge in [0, 0.05) is 25.2 Å². The molecular weight excluding hydrogens is 390 g/mol. The van der Waals surface area contributed by atoms with E-state index in [-0.39, 0.29) is 11.9 Å². The molecule has 0 saturated heterocycles. The number of nitrogens with zero attached hydrogens (tertiary/aromatic N) is 2. The van der Waals surface area contributed by atoms with E-state index in [1.807, 2.05) is 32.2 Å². The van der Waals surface area contributed by atoms with Crippen LogP contribution in [0, 0.1) is 0 Å². The van der Waals surface area contributed by atoms with E-state index < -0.39 is 0 Å². The summed E-state index contributed by atoms with van der Waals surface area (Å²) in [6.45, 7) is 7.58. The summed E-state index contributed by atoms with van der Waals surface area (Å²) < 4.78 is 13.2. The van der Waals surface area contributed by atoms with Gasteiger partial charge in [-0.25, -0.2) is 0 Å². The van der Waals surface area contributed by atoms with E-state index in [0.717, 1.165) is 23.3 Å². The predicted octanol–water partition coefficient (Wildman–Crippen LogP) is 4.86. The van der Waals surface area contributed by atoms with Gasteiger partial charge in [-0.05, 0) is 42.2 Å². The van der Waals surface area contributed by atoms with E-state index in [4.69, 9.17) is 9.47 Å². The molecule has 0 aliphatic carbocycles. The second-order valence-electron chi connectivity index (χ2n) is 8.29. The number of benzene rings is 2. The van der Waals surface area contributed by atoms with Crippen molar-refractivity contribution in [3.05, 3.63) is 65.4 Å². The van der Waals surface area contributed by atoms with Crippen molar-refractivity contribution in [3.63, 3.8) is 0 Å². The zero-order valence-corrected chi connectivity index (χ0v) is 18.5. The molecule has 1 amide bonds. The van der Waals surface area contributed by atoms with Gasteiger partial charge in [0.05, 0.1) is 24.8 Å². The maximum Gasteiger partial charge on any atom is 0.255 e. The number of aryl methyl sites for hydroxylation is 1. The van der Waals surface area contributed by atoms with E-state index in [9.17, 15) is 4.79 Å². The van der Waals surface area contributed by atoms with Crippen LogP contribution >= 0.6 is 0 Å². The monoisotopic (exact) mass is 419 g/mol. The molecule has 2 aromatic carbocycles. The molecule has 1 aliphatic rings. The fourth-order valence-corrected chi connectivity index (χ4v) is 3.71. The molecule has 6 heteroatoms. The van der Waals surface area contributed by atoms with Crippen molar-refractivity contribution in [2.75, 3.05) is 13.2 Å². The number of ether oxygens (including phenoxy) is 2. The molecule has 0 radical (unpaired) electrons. The van der Waals surface area contributed by atoms with Crippen molar-refractivity contribution < 1.29 is 14.3 Å². The number of aromatic nitrogens is 2. The van der Waals surface area contributed by atoms with Gasteiger partial charge in [-0.1, -0.05) is 38.1 Å². The summed E-state index contributed by atoms with van der Waals surface area (Å²) in [6, 6.07) is 14.0. The first-order chi connectivity index (χ1) is 14.9. The lowest BCUT2D eigenvalue weighted by molar-refractivity contribution is 0.0940. The highest BCUT2D eigenvalue weighted by Gasteiger charge is 2.21. The molecule has 4 rings (SSSR count). The minimum atomic E-state index is -0.157. The van der Waals surface area contributed by atoms with Crippen molar-refractivity contribution in [1.82, 2.24) is 15.1 Å². The Labute approximate surface area is 183 Å². The summed E-state index contributed by atoms with van der Waals surface area (Å²) in [6.07, 6.45) is 2.60. The first-order valence-corrected chi connectivity index (χ1v) is 10.8. The minimum absolute atomic E-state index is 0.120. The highest BCUT2D eigenvalue weighted by molar-refractivity contribution is 6.00. The number of hydrogen-bond donors (Lipinski definition) is 1. The molecule has 162 valence electrons. The van der Waals surface area contributed by atoms with Crippen LogP contribution in [-0.4, -0.2) is 28.9 Å². The number of rotatable bonds is 5. The zero-order valence-electron chi connectivity index (χ0n) is 18.5. The van der Waals surface area contributed by atoms with Gasteiger partial charge in [0.1, 0.15) is 5.69 Å². The Kier molecular flexibility index (Phi) is 5.98. The molecule has 6 nitrogen and oxygen atoms in total. The lowest BCUT2D eigenvalue weighted by atomic mass is 9.99. The van der Waals surface area contributed by atoms with Gasteiger partial charge in [0.15, 0.2) is 11.5 Å². The Hall–Kier alpha value is -3.28. The summed E-state index contributed by atoms with van der Waals surface area (Å²) >= 11 is 0. The number of amides is 1. The largest absolute Gasteiger partial charge is 0.490 e. The molecule has 1 aromatic heterocycles. The molecule has 1 unspecified atom stereocenters. The number of hydrogen-bond acceptors (Lipinski definition) is 4. The maximum absolute atomic E-state index is 13.1. The van der Waals surface area contributed by atoms with Crippen molar-refractivity contribution >= 4 is 5.91 Å². The van der Waals surface area contributed by atoms with E-state index >= 15 is 0 Å². The molecule has 1 aliphatic heterocycles. The number of nitrogens with one attached hydrogen (secondary N) is 1. The lowest BCUT2D eigenvalue weighted by Gasteiger charge is -2.16. The molecule has 31 heavy (non-hydrogen) atoms. The third kappa shape index (κ3) is 4.58. The molecule has 1 N–H and O–H groups in total. The van der Waals surface area contributed by atoms with Crippen LogP contribution in [0.4, 0.5) is 0 Å². The van der Waals surface area contributed by atoms with Crippen LogP contribution < -0.4 is 14.8 Å². The molecule has 0 fully saturated rings. The van der Waals surface area contributed by atoms with Crippen LogP contribution in [0.15, 0.2) is 48.7 Å². The van der Waals surface area contributed by atoms with Gasteiger partial charge in [-0.3, -0.25) is 9.48 Å². The molecule has 3 aromatic rings. The van der Waals surface area contributed by atoms with Gasteiger partial charge in [0.2, 0.25) is 0 Å². The Balaban J connectivity index is 1.56. The van der Waals surface area contributed by atoms with Crippen molar-refractivity contribution in [2.24, 2.45) is 7.05 Å². The summed E-state index contributed by atoms with van der Waals surface area (Å²) in [7, 11) is 1.82. The first kappa shape index (κ1) is 21.0. The first-order valence-electron chi connectivity index (χ1n) is 10.8. The standard InChI is InChI=1S/C25H29N3O3/c1-16(2)18-6-8-19(9-7-18)17(3)26-25(29)21-15-28(4)27-24(21)20-10-11-22-23(14-20)31-13-5-12-30-22/h6-11,14-17H,5,12-13H2,1-4H3,(H,26,29). The SMILES string of the molecule is CC(C)c1ccc(C(C)NC(=O)c2cn(C)nc2-c2ccc3c(c2)OCCCO3)cc1. The van der Waals surface area contributed by atoms with Gasteiger partial charge in [-0.2, -0.15) is 5.10 Å². The summed E-state index contributed by atoms with van der Waals surface area (Å²) in [5.74, 6) is 1.73. The Bertz CT molecular complexity index is 1070. The van der Waals surface area contributed by atoms with Gasteiger partial charge < -0.3 is 14.8 Å². The Morgan fingerprint density at radius 1 is 1.00 bits per heavy atom. The summed E-state index contributed by atoms with van der Waals surface area (Å²) in [5.41, 5.74) is 4.33. The molecular formula is C25H29N3O3. The third-order valence-corrected chi connectivity index (χ3v) is 5.55. The van der Waals surface area contributed by atoms with E-state index in [1.54, 1.807) is 10.9 Å². The highest BCUT2D eigenvalue weighted by Crippen LogP contribution is 2.35. The third-order valence-electron chi connectivity index (χ3n) is 5.55.